The van der Waals surface area contributed by atoms with E-state index in [0.29, 0.717) is 11.8 Å². The smallest absolute Gasteiger partial charge is 0.00239 e. The number of benzene rings is 1. The van der Waals surface area contributed by atoms with E-state index in [9.17, 15) is 0 Å². The molecule has 70 valence electrons. The molecule has 1 aromatic rings. The Morgan fingerprint density at radius 2 is 2.00 bits per heavy atom. The Hall–Kier alpha value is -0.860. The van der Waals surface area contributed by atoms with Gasteiger partial charge in [0.05, 0.1) is 0 Å². The van der Waals surface area contributed by atoms with Crippen LogP contribution in [0.1, 0.15) is 11.5 Å². The van der Waals surface area contributed by atoms with Crippen molar-refractivity contribution in [1.29, 1.82) is 0 Å². The molecule has 1 fully saturated rings. The van der Waals surface area contributed by atoms with E-state index in [-0.39, 0.29) is 0 Å². The van der Waals surface area contributed by atoms with Crippen molar-refractivity contribution in [2.24, 2.45) is 11.7 Å². The van der Waals surface area contributed by atoms with E-state index in [1.165, 1.54) is 5.56 Å². The molecule has 0 aromatic heterocycles. The molecule has 1 aliphatic rings. The van der Waals surface area contributed by atoms with Gasteiger partial charge in [-0.15, -0.1) is 0 Å². The zero-order chi connectivity index (χ0) is 9.10. The van der Waals surface area contributed by atoms with Crippen LogP contribution in [-0.4, -0.2) is 19.6 Å². The van der Waals surface area contributed by atoms with Gasteiger partial charge in [-0.05, 0) is 24.6 Å². The van der Waals surface area contributed by atoms with Crippen molar-refractivity contribution in [1.82, 2.24) is 5.32 Å². The first kappa shape index (κ1) is 8.73. The molecule has 1 heterocycles. The molecule has 2 nitrogen and oxygen atoms in total. The quantitative estimate of drug-likeness (QED) is 0.704. The number of hydrogen-bond acceptors (Lipinski definition) is 2. The predicted octanol–water partition coefficient (Wildman–Crippen LogP) is 0.948. The molecule has 13 heavy (non-hydrogen) atoms. The van der Waals surface area contributed by atoms with Gasteiger partial charge in [0.2, 0.25) is 0 Å². The van der Waals surface area contributed by atoms with Crippen LogP contribution in [0.2, 0.25) is 0 Å². The van der Waals surface area contributed by atoms with Crippen LogP contribution in [-0.2, 0) is 0 Å². The molecule has 1 saturated heterocycles. The molecule has 3 N–H and O–H groups in total. The minimum Gasteiger partial charge on any atom is -0.330 e. The first-order valence-corrected chi connectivity index (χ1v) is 4.87. The van der Waals surface area contributed by atoms with Gasteiger partial charge in [0.25, 0.3) is 0 Å². The average Bonchev–Trinajstić information content (AvgIpc) is 2.67. The van der Waals surface area contributed by atoms with Gasteiger partial charge in [0.15, 0.2) is 0 Å². The van der Waals surface area contributed by atoms with Crippen LogP contribution in [0, 0.1) is 5.92 Å². The van der Waals surface area contributed by atoms with Crippen molar-refractivity contribution in [3.05, 3.63) is 35.9 Å². The predicted molar refractivity (Wildman–Crippen MR) is 54.6 cm³/mol. The normalized spacial score (nSPS) is 27.8. The largest absolute Gasteiger partial charge is 0.330 e. The van der Waals surface area contributed by atoms with Crippen LogP contribution >= 0.6 is 0 Å². The minimum absolute atomic E-state index is 0.613. The van der Waals surface area contributed by atoms with Gasteiger partial charge in [0, 0.05) is 12.5 Å². The van der Waals surface area contributed by atoms with E-state index in [4.69, 9.17) is 5.73 Å². The van der Waals surface area contributed by atoms with Crippen molar-refractivity contribution in [3.63, 3.8) is 0 Å². The second kappa shape index (κ2) is 3.90. The lowest BCUT2D eigenvalue weighted by atomic mass is 9.89. The zero-order valence-corrected chi connectivity index (χ0v) is 7.74. The van der Waals surface area contributed by atoms with Crippen LogP contribution in [0.3, 0.4) is 0 Å². The minimum atomic E-state index is 0.613. The van der Waals surface area contributed by atoms with Gasteiger partial charge >= 0.3 is 0 Å². The van der Waals surface area contributed by atoms with E-state index < -0.39 is 0 Å². The summed E-state index contributed by atoms with van der Waals surface area (Å²) in [6, 6.07) is 10.6. The molecular weight excluding hydrogens is 160 g/mol. The number of nitrogens with one attached hydrogen (secondary N) is 1. The molecule has 0 bridgehead atoms. The van der Waals surface area contributed by atoms with E-state index >= 15 is 0 Å². The summed E-state index contributed by atoms with van der Waals surface area (Å²) in [5, 5.41) is 3.39. The highest BCUT2D eigenvalue weighted by Crippen LogP contribution is 2.26. The molecule has 2 atom stereocenters. The van der Waals surface area contributed by atoms with Crippen LogP contribution < -0.4 is 11.1 Å². The van der Waals surface area contributed by atoms with Crippen molar-refractivity contribution in [2.75, 3.05) is 19.6 Å². The Labute approximate surface area is 79.1 Å². The molecule has 0 aliphatic carbocycles. The molecule has 1 aliphatic heterocycles. The summed E-state index contributed by atoms with van der Waals surface area (Å²) < 4.78 is 0. The monoisotopic (exact) mass is 176 g/mol. The fourth-order valence-electron chi connectivity index (χ4n) is 2.07. The van der Waals surface area contributed by atoms with Gasteiger partial charge in [0.1, 0.15) is 0 Å². The van der Waals surface area contributed by atoms with Crippen LogP contribution in [0.25, 0.3) is 0 Å². The lowest BCUT2D eigenvalue weighted by molar-refractivity contribution is 0.531. The third kappa shape index (κ3) is 1.74. The van der Waals surface area contributed by atoms with Crippen LogP contribution in [0.5, 0.6) is 0 Å². The van der Waals surface area contributed by atoms with E-state index in [0.717, 1.165) is 19.6 Å². The number of hydrogen-bond donors (Lipinski definition) is 2. The highest BCUT2D eigenvalue weighted by molar-refractivity contribution is 5.22. The Bertz CT molecular complexity index is 258. The highest BCUT2D eigenvalue weighted by Gasteiger charge is 2.26. The summed E-state index contributed by atoms with van der Waals surface area (Å²) in [5.41, 5.74) is 7.14. The fraction of sp³-hybridized carbons (Fsp3) is 0.455. The summed E-state index contributed by atoms with van der Waals surface area (Å²) >= 11 is 0. The van der Waals surface area contributed by atoms with Gasteiger partial charge in [-0.3, -0.25) is 0 Å². The van der Waals surface area contributed by atoms with Crippen molar-refractivity contribution < 1.29 is 0 Å². The maximum atomic E-state index is 5.72. The van der Waals surface area contributed by atoms with Gasteiger partial charge in [-0.25, -0.2) is 0 Å². The number of rotatable bonds is 2. The first-order chi connectivity index (χ1) is 6.42. The lowest BCUT2D eigenvalue weighted by Gasteiger charge is -2.16. The summed E-state index contributed by atoms with van der Waals surface area (Å²) in [5.74, 6) is 1.23. The summed E-state index contributed by atoms with van der Waals surface area (Å²) in [7, 11) is 0. The SMILES string of the molecule is NC[C@H]1CNC[C@@H]1c1ccccc1. The fourth-order valence-corrected chi connectivity index (χ4v) is 2.07. The molecule has 0 saturated carbocycles. The van der Waals surface area contributed by atoms with Gasteiger partial charge in [-0.1, -0.05) is 30.3 Å². The van der Waals surface area contributed by atoms with Crippen LogP contribution in [0.15, 0.2) is 30.3 Å². The van der Waals surface area contributed by atoms with E-state index in [2.05, 4.69) is 35.6 Å². The van der Waals surface area contributed by atoms with Gasteiger partial charge < -0.3 is 11.1 Å². The molecular formula is C11H16N2. The lowest BCUT2D eigenvalue weighted by Crippen LogP contribution is -2.20. The maximum absolute atomic E-state index is 5.72. The molecule has 1 aromatic carbocycles. The Morgan fingerprint density at radius 3 is 2.69 bits per heavy atom. The number of nitrogens with two attached hydrogens (primary N) is 1. The van der Waals surface area contributed by atoms with Crippen LogP contribution in [0.4, 0.5) is 0 Å². The Balaban J connectivity index is 2.16. The van der Waals surface area contributed by atoms with Crippen molar-refractivity contribution in [3.8, 4) is 0 Å². The molecule has 0 radical (unpaired) electrons. The third-order valence-electron chi connectivity index (χ3n) is 2.87. The molecule has 2 heteroatoms. The zero-order valence-electron chi connectivity index (χ0n) is 7.74. The standard InChI is InChI=1S/C11H16N2/c12-6-10-7-13-8-11(10)9-4-2-1-3-5-9/h1-5,10-11,13H,6-8,12H2/t10-,11+/m0/s1. The average molecular weight is 176 g/mol. The third-order valence-corrected chi connectivity index (χ3v) is 2.87. The second-order valence-corrected chi connectivity index (χ2v) is 3.67. The molecule has 0 spiro atoms. The summed E-state index contributed by atoms with van der Waals surface area (Å²) in [6.45, 7) is 2.93. The molecule has 2 rings (SSSR count). The first-order valence-electron chi connectivity index (χ1n) is 4.87. The highest BCUT2D eigenvalue weighted by atomic mass is 14.9. The second-order valence-electron chi connectivity index (χ2n) is 3.67. The summed E-state index contributed by atoms with van der Waals surface area (Å²) in [6.07, 6.45) is 0. The van der Waals surface area contributed by atoms with E-state index in [1.807, 2.05) is 0 Å². The maximum Gasteiger partial charge on any atom is 0.00239 e. The van der Waals surface area contributed by atoms with Crippen molar-refractivity contribution in [2.45, 2.75) is 5.92 Å². The van der Waals surface area contributed by atoms with E-state index in [1.54, 1.807) is 0 Å². The topological polar surface area (TPSA) is 38.0 Å². The van der Waals surface area contributed by atoms with Crippen molar-refractivity contribution >= 4 is 0 Å². The Morgan fingerprint density at radius 1 is 1.23 bits per heavy atom. The Kier molecular flexibility index (Phi) is 2.62. The van der Waals surface area contributed by atoms with Gasteiger partial charge in [-0.2, -0.15) is 0 Å². The molecule has 0 unspecified atom stereocenters. The molecule has 0 amide bonds. The summed E-state index contributed by atoms with van der Waals surface area (Å²) in [4.78, 5) is 0.